The Balaban J connectivity index is 1.88. The molecule has 0 atom stereocenters. The number of benzene rings is 1. The zero-order chi connectivity index (χ0) is 15.4. The average Bonchev–Trinajstić information content (AvgIpc) is 2.78. The molecule has 0 radical (unpaired) electrons. The maximum Gasteiger partial charge on any atom is 0.342 e. The molecular formula is C15H14ClNO4. The number of halogens is 1. The number of nitrogens with one attached hydrogen (secondary N) is 1. The topological polar surface area (TPSA) is 68.5 Å². The van der Waals surface area contributed by atoms with Crippen molar-refractivity contribution in [2.24, 2.45) is 0 Å². The molecule has 2 rings (SSSR count). The highest BCUT2D eigenvalue weighted by Gasteiger charge is 2.16. The van der Waals surface area contributed by atoms with Crippen LogP contribution in [0.25, 0.3) is 0 Å². The van der Waals surface area contributed by atoms with Crippen molar-refractivity contribution in [2.75, 3.05) is 11.9 Å². The van der Waals surface area contributed by atoms with E-state index in [0.717, 1.165) is 0 Å². The molecule has 0 spiro atoms. The fourth-order valence-corrected chi connectivity index (χ4v) is 1.90. The van der Waals surface area contributed by atoms with Gasteiger partial charge in [0.25, 0.3) is 5.91 Å². The van der Waals surface area contributed by atoms with Crippen LogP contribution in [0, 0.1) is 13.8 Å². The Bertz CT molecular complexity index is 661. The van der Waals surface area contributed by atoms with Gasteiger partial charge in [0.05, 0.1) is 0 Å². The summed E-state index contributed by atoms with van der Waals surface area (Å²) in [4.78, 5) is 23.5. The molecule has 2 aromatic rings. The molecular weight excluding hydrogens is 294 g/mol. The van der Waals surface area contributed by atoms with Crippen LogP contribution < -0.4 is 5.32 Å². The van der Waals surface area contributed by atoms with Gasteiger partial charge in [0.15, 0.2) is 6.61 Å². The molecule has 6 heteroatoms. The van der Waals surface area contributed by atoms with Crippen molar-refractivity contribution >= 4 is 29.2 Å². The van der Waals surface area contributed by atoms with Crippen molar-refractivity contribution < 1.29 is 18.7 Å². The van der Waals surface area contributed by atoms with E-state index in [9.17, 15) is 9.59 Å². The van der Waals surface area contributed by atoms with Crippen molar-refractivity contribution in [3.8, 4) is 0 Å². The van der Waals surface area contributed by atoms with Crippen LogP contribution in [0.1, 0.15) is 21.9 Å². The molecule has 0 fully saturated rings. The Morgan fingerprint density at radius 2 is 1.90 bits per heavy atom. The summed E-state index contributed by atoms with van der Waals surface area (Å²) < 4.78 is 10.2. The predicted octanol–water partition coefficient (Wildman–Crippen LogP) is 3.35. The third kappa shape index (κ3) is 4.10. The zero-order valence-corrected chi connectivity index (χ0v) is 12.4. The zero-order valence-electron chi connectivity index (χ0n) is 11.6. The number of hydrogen-bond donors (Lipinski definition) is 1. The molecule has 5 nitrogen and oxygen atoms in total. The lowest BCUT2D eigenvalue weighted by molar-refractivity contribution is -0.119. The molecule has 1 N–H and O–H groups in total. The van der Waals surface area contributed by atoms with Crippen LogP contribution >= 0.6 is 11.6 Å². The third-order valence-corrected chi connectivity index (χ3v) is 2.98. The highest BCUT2D eigenvalue weighted by molar-refractivity contribution is 6.30. The Hall–Kier alpha value is -2.27. The van der Waals surface area contributed by atoms with Crippen LogP contribution in [-0.4, -0.2) is 18.5 Å². The number of aryl methyl sites for hydroxylation is 2. The number of furan rings is 1. The van der Waals surface area contributed by atoms with Crippen molar-refractivity contribution in [2.45, 2.75) is 13.8 Å². The maximum absolute atomic E-state index is 11.8. The van der Waals surface area contributed by atoms with Gasteiger partial charge in [-0.3, -0.25) is 4.79 Å². The molecule has 0 aliphatic heterocycles. The molecule has 0 unspecified atom stereocenters. The number of carbonyl (C=O) groups is 2. The maximum atomic E-state index is 11.8. The first-order valence-corrected chi connectivity index (χ1v) is 6.63. The minimum atomic E-state index is -0.587. The summed E-state index contributed by atoms with van der Waals surface area (Å²) in [6.07, 6.45) is 0. The quantitative estimate of drug-likeness (QED) is 0.880. The first-order valence-electron chi connectivity index (χ1n) is 6.25. The number of esters is 1. The van der Waals surface area contributed by atoms with Gasteiger partial charge in [0.2, 0.25) is 0 Å². The number of hydrogen-bond acceptors (Lipinski definition) is 4. The Kier molecular flexibility index (Phi) is 4.65. The molecule has 0 saturated carbocycles. The van der Waals surface area contributed by atoms with Gasteiger partial charge in [-0.1, -0.05) is 11.6 Å². The summed E-state index contributed by atoms with van der Waals surface area (Å²) in [6.45, 7) is 3.03. The molecule has 21 heavy (non-hydrogen) atoms. The molecule has 110 valence electrons. The van der Waals surface area contributed by atoms with Crippen molar-refractivity contribution in [3.63, 3.8) is 0 Å². The minimum absolute atomic E-state index is 0.326. The number of carbonyl (C=O) groups excluding carboxylic acids is 2. The molecule has 1 aromatic carbocycles. The molecule has 1 amide bonds. The number of ether oxygens (including phenoxy) is 1. The number of rotatable bonds is 4. The van der Waals surface area contributed by atoms with Gasteiger partial charge in [-0.05, 0) is 44.2 Å². The smallest absolute Gasteiger partial charge is 0.342 e. The summed E-state index contributed by atoms with van der Waals surface area (Å²) >= 11 is 5.74. The fourth-order valence-electron chi connectivity index (χ4n) is 1.77. The predicted molar refractivity (Wildman–Crippen MR) is 78.5 cm³/mol. The average molecular weight is 308 g/mol. The fraction of sp³-hybridized carbons (Fsp3) is 0.200. The van der Waals surface area contributed by atoms with Gasteiger partial charge in [-0.25, -0.2) is 4.79 Å². The van der Waals surface area contributed by atoms with Crippen LogP contribution in [0.4, 0.5) is 5.69 Å². The molecule has 0 aliphatic carbocycles. The summed E-state index contributed by atoms with van der Waals surface area (Å²) in [7, 11) is 0. The van der Waals surface area contributed by atoms with Crippen LogP contribution in [0.15, 0.2) is 34.7 Å². The van der Waals surface area contributed by atoms with Gasteiger partial charge in [-0.15, -0.1) is 0 Å². The van der Waals surface area contributed by atoms with E-state index in [4.69, 9.17) is 20.8 Å². The second-order valence-corrected chi connectivity index (χ2v) is 4.89. The first-order chi connectivity index (χ1) is 9.95. The Morgan fingerprint density at radius 1 is 1.24 bits per heavy atom. The van der Waals surface area contributed by atoms with E-state index in [0.29, 0.717) is 27.8 Å². The van der Waals surface area contributed by atoms with Crippen LogP contribution in [0.5, 0.6) is 0 Å². The van der Waals surface area contributed by atoms with Crippen LogP contribution in [0.3, 0.4) is 0 Å². The van der Waals surface area contributed by atoms with Gasteiger partial charge in [-0.2, -0.15) is 0 Å². The van der Waals surface area contributed by atoms with Crippen molar-refractivity contribution in [1.29, 1.82) is 0 Å². The van der Waals surface area contributed by atoms with E-state index < -0.39 is 11.9 Å². The van der Waals surface area contributed by atoms with Crippen LogP contribution in [0.2, 0.25) is 5.02 Å². The minimum Gasteiger partial charge on any atom is -0.466 e. The lowest BCUT2D eigenvalue weighted by Crippen LogP contribution is -2.20. The monoisotopic (exact) mass is 307 g/mol. The van der Waals surface area contributed by atoms with Crippen molar-refractivity contribution in [3.05, 3.63) is 52.4 Å². The summed E-state index contributed by atoms with van der Waals surface area (Å²) in [5, 5.41) is 3.17. The second kappa shape index (κ2) is 6.45. The van der Waals surface area contributed by atoms with E-state index in [2.05, 4.69) is 5.32 Å². The Morgan fingerprint density at radius 3 is 2.48 bits per heavy atom. The highest BCUT2D eigenvalue weighted by atomic mass is 35.5. The van der Waals surface area contributed by atoms with E-state index >= 15 is 0 Å². The lowest BCUT2D eigenvalue weighted by atomic mass is 10.2. The van der Waals surface area contributed by atoms with Gasteiger partial charge >= 0.3 is 5.97 Å². The summed E-state index contributed by atoms with van der Waals surface area (Å²) in [5.74, 6) is 0.0693. The highest BCUT2D eigenvalue weighted by Crippen LogP contribution is 2.15. The molecule has 0 aliphatic rings. The Labute approximate surface area is 126 Å². The number of amides is 1. The third-order valence-electron chi connectivity index (χ3n) is 2.72. The lowest BCUT2D eigenvalue weighted by Gasteiger charge is -2.06. The molecule has 1 aromatic heterocycles. The SMILES string of the molecule is Cc1cc(C(=O)OCC(=O)Nc2ccc(Cl)cc2)c(C)o1. The summed E-state index contributed by atoms with van der Waals surface area (Å²) in [5.41, 5.74) is 0.905. The van der Waals surface area contributed by atoms with Crippen molar-refractivity contribution in [1.82, 2.24) is 0 Å². The van der Waals surface area contributed by atoms with E-state index in [1.165, 1.54) is 0 Å². The summed E-state index contributed by atoms with van der Waals surface area (Å²) in [6, 6.07) is 8.20. The normalized spacial score (nSPS) is 10.2. The molecule has 0 saturated heterocycles. The van der Waals surface area contributed by atoms with Gasteiger partial charge in [0, 0.05) is 10.7 Å². The van der Waals surface area contributed by atoms with E-state index in [1.807, 2.05) is 0 Å². The largest absolute Gasteiger partial charge is 0.466 e. The van der Waals surface area contributed by atoms with Gasteiger partial charge < -0.3 is 14.5 Å². The second-order valence-electron chi connectivity index (χ2n) is 4.46. The standard InChI is InChI=1S/C15H14ClNO4/c1-9-7-13(10(2)21-9)15(19)20-8-14(18)17-12-5-3-11(16)4-6-12/h3-7H,8H2,1-2H3,(H,17,18). The molecule has 1 heterocycles. The van der Waals surface area contributed by atoms with Crippen LogP contribution in [-0.2, 0) is 9.53 Å². The number of anilines is 1. The first kappa shape index (κ1) is 15.1. The van der Waals surface area contributed by atoms with Gasteiger partial charge in [0.1, 0.15) is 17.1 Å². The van der Waals surface area contributed by atoms with E-state index in [1.54, 1.807) is 44.2 Å². The molecule has 0 bridgehead atoms. The van der Waals surface area contributed by atoms with E-state index in [-0.39, 0.29) is 6.61 Å².